The molecular formula is C20H25N3O3S. The summed E-state index contributed by atoms with van der Waals surface area (Å²) in [6.07, 6.45) is 4.28. The number of nitrogens with one attached hydrogen (secondary N) is 1. The Balaban J connectivity index is 1.60. The first kappa shape index (κ1) is 18.4. The summed E-state index contributed by atoms with van der Waals surface area (Å²) in [7, 11) is 1.36. The number of carbonyl (C=O) groups is 2. The molecule has 2 aromatic rings. The molecule has 0 bridgehead atoms. The van der Waals surface area contributed by atoms with E-state index in [-0.39, 0.29) is 11.8 Å². The third kappa shape index (κ3) is 3.99. The van der Waals surface area contributed by atoms with E-state index in [2.05, 4.69) is 17.1 Å². The number of aromatic nitrogens is 1. The molecule has 0 radical (unpaired) electrons. The number of esters is 1. The summed E-state index contributed by atoms with van der Waals surface area (Å²) in [5.41, 5.74) is 1.54. The van der Waals surface area contributed by atoms with Gasteiger partial charge in [0.2, 0.25) is 5.91 Å². The lowest BCUT2D eigenvalue weighted by Crippen LogP contribution is -2.32. The fraction of sp³-hybridized carbons (Fsp3) is 0.550. The highest BCUT2D eigenvalue weighted by Crippen LogP contribution is 2.38. The number of methoxy groups -OCH3 is 1. The van der Waals surface area contributed by atoms with Crippen molar-refractivity contribution in [3.8, 4) is 0 Å². The Morgan fingerprint density at radius 2 is 2.00 bits per heavy atom. The van der Waals surface area contributed by atoms with Gasteiger partial charge in [0, 0.05) is 17.8 Å². The zero-order valence-corrected chi connectivity index (χ0v) is 16.6. The molecule has 3 heterocycles. The molecule has 1 aliphatic heterocycles. The molecule has 144 valence electrons. The van der Waals surface area contributed by atoms with Crippen LogP contribution in [0.2, 0.25) is 0 Å². The van der Waals surface area contributed by atoms with E-state index in [1.807, 2.05) is 12.1 Å². The second-order valence-electron chi connectivity index (χ2n) is 7.68. The fourth-order valence-corrected chi connectivity index (χ4v) is 4.55. The Morgan fingerprint density at radius 3 is 2.67 bits per heavy atom. The number of anilines is 1. The van der Waals surface area contributed by atoms with Gasteiger partial charge in [-0.05, 0) is 56.8 Å². The normalized spacial score (nSPS) is 18.6. The Kier molecular flexibility index (Phi) is 5.14. The maximum atomic E-state index is 12.2. The number of amides is 1. The first-order chi connectivity index (χ1) is 13.0. The number of nitrogens with zero attached hydrogens (tertiary/aromatic N) is 2. The maximum Gasteiger partial charge on any atom is 0.350 e. The number of piperidine rings is 1. The minimum Gasteiger partial charge on any atom is -0.465 e. The lowest BCUT2D eigenvalue weighted by atomic mass is 9.99. The molecule has 1 amide bonds. The molecule has 7 heteroatoms. The largest absolute Gasteiger partial charge is 0.465 e. The summed E-state index contributed by atoms with van der Waals surface area (Å²) in [5.74, 6) is 0.412. The predicted molar refractivity (Wildman–Crippen MR) is 106 cm³/mol. The van der Waals surface area contributed by atoms with E-state index in [9.17, 15) is 9.59 Å². The summed E-state index contributed by atoms with van der Waals surface area (Å²) >= 11 is 1.29. The monoisotopic (exact) mass is 387 g/mol. The van der Waals surface area contributed by atoms with Crippen LogP contribution in [-0.2, 0) is 16.1 Å². The van der Waals surface area contributed by atoms with Crippen LogP contribution in [0.15, 0.2) is 12.1 Å². The number of likely N-dealkylation sites (tertiary alicyclic amines) is 1. The minimum atomic E-state index is -0.435. The SMILES string of the molecule is COC(=O)c1sc2nc(CN3CCC(C)CC3)ccc2c1NC(=O)C1CC1. The standard InChI is InChI=1S/C20H25N3O3S/c1-12-7-9-23(10-8-12)11-14-5-6-15-16(22-18(24)13-3-4-13)17(20(25)26-2)27-19(15)21-14/h5-6,12-13H,3-4,7-11H2,1-2H3,(H,22,24). The molecule has 1 saturated heterocycles. The number of thiophene rings is 1. The molecule has 4 rings (SSSR count). The quantitative estimate of drug-likeness (QED) is 0.793. The van der Waals surface area contributed by atoms with Gasteiger partial charge < -0.3 is 10.1 Å². The van der Waals surface area contributed by atoms with Gasteiger partial charge >= 0.3 is 5.97 Å². The van der Waals surface area contributed by atoms with E-state index < -0.39 is 5.97 Å². The third-order valence-electron chi connectivity index (χ3n) is 5.44. The van der Waals surface area contributed by atoms with Crippen molar-refractivity contribution in [3.05, 3.63) is 22.7 Å². The molecule has 27 heavy (non-hydrogen) atoms. The van der Waals surface area contributed by atoms with Gasteiger partial charge in [0.25, 0.3) is 0 Å². The van der Waals surface area contributed by atoms with Crippen LogP contribution in [0.1, 0.15) is 48.0 Å². The second kappa shape index (κ2) is 7.56. The van der Waals surface area contributed by atoms with Gasteiger partial charge in [-0.15, -0.1) is 11.3 Å². The number of rotatable bonds is 5. The number of hydrogen-bond donors (Lipinski definition) is 1. The Morgan fingerprint density at radius 1 is 1.26 bits per heavy atom. The number of pyridine rings is 1. The minimum absolute atomic E-state index is 0.0219. The molecule has 2 aliphatic rings. The lowest BCUT2D eigenvalue weighted by molar-refractivity contribution is -0.117. The Hall–Kier alpha value is -1.99. The van der Waals surface area contributed by atoms with Crippen LogP contribution in [0, 0.1) is 11.8 Å². The first-order valence-corrected chi connectivity index (χ1v) is 10.4. The highest BCUT2D eigenvalue weighted by atomic mass is 32.1. The molecule has 0 unspecified atom stereocenters. The molecule has 6 nitrogen and oxygen atoms in total. The Bertz CT molecular complexity index is 867. The number of ether oxygens (including phenoxy) is 1. The molecule has 0 spiro atoms. The first-order valence-electron chi connectivity index (χ1n) is 9.59. The summed E-state index contributed by atoms with van der Waals surface area (Å²) < 4.78 is 4.91. The van der Waals surface area contributed by atoms with E-state index in [4.69, 9.17) is 9.72 Å². The molecule has 2 fully saturated rings. The molecule has 0 aromatic carbocycles. The topological polar surface area (TPSA) is 71.5 Å². The van der Waals surface area contributed by atoms with Crippen molar-refractivity contribution in [2.24, 2.45) is 11.8 Å². The predicted octanol–water partition coefficient (Wildman–Crippen LogP) is 3.66. The van der Waals surface area contributed by atoms with E-state index in [1.54, 1.807) is 0 Å². The second-order valence-corrected chi connectivity index (χ2v) is 8.67. The zero-order chi connectivity index (χ0) is 19.0. The van der Waals surface area contributed by atoms with Crippen LogP contribution in [0.5, 0.6) is 0 Å². The van der Waals surface area contributed by atoms with E-state index in [0.717, 1.165) is 54.3 Å². The van der Waals surface area contributed by atoms with Gasteiger partial charge in [-0.25, -0.2) is 9.78 Å². The van der Waals surface area contributed by atoms with Gasteiger partial charge in [0.1, 0.15) is 9.71 Å². The molecule has 1 aliphatic carbocycles. The maximum absolute atomic E-state index is 12.2. The van der Waals surface area contributed by atoms with Crippen molar-refractivity contribution in [3.63, 3.8) is 0 Å². The van der Waals surface area contributed by atoms with Crippen molar-refractivity contribution in [1.29, 1.82) is 0 Å². The molecule has 0 atom stereocenters. The van der Waals surface area contributed by atoms with E-state index in [1.165, 1.54) is 31.3 Å². The summed E-state index contributed by atoms with van der Waals surface area (Å²) in [5, 5.41) is 3.75. The third-order valence-corrected chi connectivity index (χ3v) is 6.52. The van der Waals surface area contributed by atoms with Crippen molar-refractivity contribution in [2.45, 2.75) is 39.2 Å². The fourth-order valence-electron chi connectivity index (χ4n) is 3.49. The smallest absolute Gasteiger partial charge is 0.350 e. The number of hydrogen-bond acceptors (Lipinski definition) is 6. The van der Waals surface area contributed by atoms with Gasteiger partial charge in [-0.2, -0.15) is 0 Å². The van der Waals surface area contributed by atoms with Crippen LogP contribution < -0.4 is 5.32 Å². The van der Waals surface area contributed by atoms with E-state index in [0.29, 0.717) is 10.6 Å². The average Bonchev–Trinajstić information content (AvgIpc) is 3.46. The van der Waals surface area contributed by atoms with Gasteiger partial charge in [0.05, 0.1) is 18.5 Å². The van der Waals surface area contributed by atoms with Crippen molar-refractivity contribution < 1.29 is 14.3 Å². The van der Waals surface area contributed by atoms with Crippen molar-refractivity contribution >= 4 is 39.1 Å². The van der Waals surface area contributed by atoms with Gasteiger partial charge in [0.15, 0.2) is 0 Å². The van der Waals surface area contributed by atoms with Crippen LogP contribution >= 0.6 is 11.3 Å². The molecular weight excluding hydrogens is 362 g/mol. The summed E-state index contributed by atoms with van der Waals surface area (Å²) in [6, 6.07) is 3.97. The van der Waals surface area contributed by atoms with Crippen LogP contribution in [0.3, 0.4) is 0 Å². The average molecular weight is 388 g/mol. The van der Waals surface area contributed by atoms with Crippen molar-refractivity contribution in [2.75, 3.05) is 25.5 Å². The van der Waals surface area contributed by atoms with Crippen LogP contribution in [0.25, 0.3) is 10.2 Å². The van der Waals surface area contributed by atoms with Gasteiger partial charge in [-0.1, -0.05) is 6.92 Å². The summed E-state index contributed by atoms with van der Waals surface area (Å²) in [4.78, 5) is 32.8. The van der Waals surface area contributed by atoms with Crippen LogP contribution in [0.4, 0.5) is 5.69 Å². The highest BCUT2D eigenvalue weighted by Gasteiger charge is 2.32. The van der Waals surface area contributed by atoms with Gasteiger partial charge in [-0.3, -0.25) is 9.69 Å². The highest BCUT2D eigenvalue weighted by molar-refractivity contribution is 7.21. The molecule has 2 aromatic heterocycles. The number of carbonyl (C=O) groups excluding carboxylic acids is 2. The molecule has 1 N–H and O–H groups in total. The molecule has 1 saturated carbocycles. The summed E-state index contributed by atoms with van der Waals surface area (Å²) in [6.45, 7) is 5.32. The number of fused-ring (bicyclic) bond motifs is 1. The lowest BCUT2D eigenvalue weighted by Gasteiger charge is -2.29. The van der Waals surface area contributed by atoms with Crippen LogP contribution in [-0.4, -0.2) is 42.0 Å². The zero-order valence-electron chi connectivity index (χ0n) is 15.8. The van der Waals surface area contributed by atoms with E-state index >= 15 is 0 Å². The van der Waals surface area contributed by atoms with Crippen molar-refractivity contribution in [1.82, 2.24) is 9.88 Å². The Labute approximate surface area is 162 Å².